The number of nitro benzene ring substituents is 1. The van der Waals surface area contributed by atoms with Crippen LogP contribution in [0.3, 0.4) is 0 Å². The largest absolute Gasteiger partial charge is 0.346 e. The van der Waals surface area contributed by atoms with E-state index in [-0.39, 0.29) is 11.6 Å². The van der Waals surface area contributed by atoms with Gasteiger partial charge in [0.15, 0.2) is 0 Å². The minimum Gasteiger partial charge on any atom is -0.346 e. The SMILES string of the molecule is Cc1c(NC(=O)/C=C/c2cc(C)n(C3CC3)c2C)cccc1[N+](=O)[O-]. The van der Waals surface area contributed by atoms with Gasteiger partial charge in [-0.1, -0.05) is 6.07 Å². The van der Waals surface area contributed by atoms with Gasteiger partial charge in [-0.2, -0.15) is 0 Å². The van der Waals surface area contributed by atoms with Crippen LogP contribution in [0, 0.1) is 30.9 Å². The van der Waals surface area contributed by atoms with E-state index in [1.54, 1.807) is 25.1 Å². The van der Waals surface area contributed by atoms with Crippen molar-refractivity contribution in [2.75, 3.05) is 5.32 Å². The second-order valence-electron chi connectivity index (χ2n) is 6.46. The van der Waals surface area contributed by atoms with E-state index in [9.17, 15) is 14.9 Å². The number of hydrogen-bond acceptors (Lipinski definition) is 3. The Morgan fingerprint density at radius 2 is 2.04 bits per heavy atom. The van der Waals surface area contributed by atoms with Crippen LogP contribution in [0.4, 0.5) is 11.4 Å². The topological polar surface area (TPSA) is 77.2 Å². The summed E-state index contributed by atoms with van der Waals surface area (Å²) in [6.07, 6.45) is 5.69. The number of carbonyl (C=O) groups excluding carboxylic acids is 1. The van der Waals surface area contributed by atoms with Crippen molar-refractivity contribution in [3.63, 3.8) is 0 Å². The number of aryl methyl sites for hydroxylation is 1. The minimum atomic E-state index is -0.451. The van der Waals surface area contributed by atoms with Crippen molar-refractivity contribution in [2.45, 2.75) is 39.7 Å². The maximum Gasteiger partial charge on any atom is 0.274 e. The molecule has 3 rings (SSSR count). The van der Waals surface area contributed by atoms with Crippen LogP contribution >= 0.6 is 0 Å². The zero-order valence-corrected chi connectivity index (χ0v) is 14.6. The highest BCUT2D eigenvalue weighted by Gasteiger charge is 2.26. The van der Waals surface area contributed by atoms with Crippen LogP contribution in [-0.4, -0.2) is 15.4 Å². The molecule has 0 saturated heterocycles. The average Bonchev–Trinajstić information content (AvgIpc) is 3.33. The molecular weight excluding hydrogens is 318 g/mol. The predicted molar refractivity (Wildman–Crippen MR) is 97.7 cm³/mol. The van der Waals surface area contributed by atoms with Crippen molar-refractivity contribution in [2.24, 2.45) is 0 Å². The molecule has 0 radical (unpaired) electrons. The summed E-state index contributed by atoms with van der Waals surface area (Å²) in [5.41, 5.74) is 4.28. The van der Waals surface area contributed by atoms with E-state index in [4.69, 9.17) is 0 Å². The van der Waals surface area contributed by atoms with E-state index in [1.165, 1.54) is 30.7 Å². The standard InChI is InChI=1S/C19H21N3O3/c1-12-11-15(14(3)21(12)16-8-9-16)7-10-19(23)20-17-5-4-6-18(13(17)2)22(24)25/h4-7,10-11,16H,8-9H2,1-3H3,(H,20,23)/b10-7+. The predicted octanol–water partition coefficient (Wildman–Crippen LogP) is 4.31. The molecule has 1 aliphatic rings. The van der Waals surface area contributed by atoms with Gasteiger partial charge in [-0.15, -0.1) is 0 Å². The van der Waals surface area contributed by atoms with Crippen LogP contribution in [0.5, 0.6) is 0 Å². The Hall–Kier alpha value is -2.89. The quantitative estimate of drug-likeness (QED) is 0.501. The molecule has 1 heterocycles. The number of hydrogen-bond donors (Lipinski definition) is 1. The molecule has 0 aliphatic heterocycles. The highest BCUT2D eigenvalue weighted by atomic mass is 16.6. The second-order valence-corrected chi connectivity index (χ2v) is 6.46. The van der Waals surface area contributed by atoms with Crippen LogP contribution in [0.1, 0.15) is 41.4 Å². The van der Waals surface area contributed by atoms with Crippen LogP contribution in [-0.2, 0) is 4.79 Å². The Balaban J connectivity index is 1.75. The number of aromatic nitrogens is 1. The van der Waals surface area contributed by atoms with Crippen molar-refractivity contribution < 1.29 is 9.72 Å². The number of rotatable bonds is 5. The first-order chi connectivity index (χ1) is 11.9. The molecule has 0 bridgehead atoms. The van der Waals surface area contributed by atoms with Gasteiger partial charge in [-0.05, 0) is 57.4 Å². The third kappa shape index (κ3) is 3.47. The first-order valence-electron chi connectivity index (χ1n) is 8.30. The Morgan fingerprint density at radius 3 is 2.68 bits per heavy atom. The van der Waals surface area contributed by atoms with E-state index in [1.807, 2.05) is 0 Å². The summed E-state index contributed by atoms with van der Waals surface area (Å²) < 4.78 is 2.32. The van der Waals surface area contributed by atoms with E-state index >= 15 is 0 Å². The first-order valence-corrected chi connectivity index (χ1v) is 8.30. The zero-order chi connectivity index (χ0) is 18.1. The second kappa shape index (κ2) is 6.55. The lowest BCUT2D eigenvalue weighted by atomic mass is 10.1. The van der Waals surface area contributed by atoms with Gasteiger partial charge in [0.1, 0.15) is 0 Å². The van der Waals surface area contributed by atoms with Crippen LogP contribution in [0.15, 0.2) is 30.3 Å². The van der Waals surface area contributed by atoms with Gasteiger partial charge in [-0.25, -0.2) is 0 Å². The number of benzene rings is 1. The van der Waals surface area contributed by atoms with Gasteiger partial charge < -0.3 is 9.88 Å². The third-order valence-electron chi connectivity index (χ3n) is 4.61. The Kier molecular flexibility index (Phi) is 4.44. The summed E-state index contributed by atoms with van der Waals surface area (Å²) in [5.74, 6) is -0.306. The number of nitro groups is 1. The average molecular weight is 339 g/mol. The van der Waals surface area contributed by atoms with E-state index < -0.39 is 4.92 Å². The molecule has 1 N–H and O–H groups in total. The molecule has 1 saturated carbocycles. The molecule has 130 valence electrons. The van der Waals surface area contributed by atoms with Crippen molar-refractivity contribution >= 4 is 23.4 Å². The highest BCUT2D eigenvalue weighted by Crippen LogP contribution is 2.38. The van der Waals surface area contributed by atoms with Crippen LogP contribution < -0.4 is 5.32 Å². The highest BCUT2D eigenvalue weighted by molar-refractivity contribution is 6.02. The summed E-state index contributed by atoms with van der Waals surface area (Å²) in [5, 5.41) is 13.7. The summed E-state index contributed by atoms with van der Waals surface area (Å²) in [7, 11) is 0. The van der Waals surface area contributed by atoms with E-state index in [0.29, 0.717) is 17.3 Å². The smallest absolute Gasteiger partial charge is 0.274 e. The molecule has 1 amide bonds. The van der Waals surface area contributed by atoms with Crippen LogP contribution in [0.25, 0.3) is 6.08 Å². The van der Waals surface area contributed by atoms with E-state index in [0.717, 1.165) is 11.3 Å². The van der Waals surface area contributed by atoms with Gasteiger partial charge in [-0.3, -0.25) is 14.9 Å². The van der Waals surface area contributed by atoms with Crippen molar-refractivity contribution in [3.05, 3.63) is 63.0 Å². The van der Waals surface area contributed by atoms with Gasteiger partial charge in [0.2, 0.25) is 5.91 Å². The number of amides is 1. The molecular formula is C19H21N3O3. The number of nitrogens with zero attached hydrogens (tertiary/aromatic N) is 2. The van der Waals surface area contributed by atoms with Crippen molar-refractivity contribution in [1.29, 1.82) is 0 Å². The fourth-order valence-corrected chi connectivity index (χ4v) is 3.16. The third-order valence-corrected chi connectivity index (χ3v) is 4.61. The molecule has 6 heteroatoms. The fraction of sp³-hybridized carbons (Fsp3) is 0.316. The van der Waals surface area contributed by atoms with E-state index in [2.05, 4.69) is 29.8 Å². The first kappa shape index (κ1) is 17.0. The monoisotopic (exact) mass is 339 g/mol. The van der Waals surface area contributed by atoms with Gasteiger partial charge >= 0.3 is 0 Å². The zero-order valence-electron chi connectivity index (χ0n) is 14.6. The number of carbonyl (C=O) groups is 1. The summed E-state index contributed by atoms with van der Waals surface area (Å²) in [6.45, 7) is 5.77. The van der Waals surface area contributed by atoms with Crippen molar-refractivity contribution in [3.8, 4) is 0 Å². The Morgan fingerprint density at radius 1 is 1.32 bits per heavy atom. The molecule has 6 nitrogen and oxygen atoms in total. The fourth-order valence-electron chi connectivity index (χ4n) is 3.16. The molecule has 1 aliphatic carbocycles. The molecule has 1 aromatic carbocycles. The maximum absolute atomic E-state index is 12.2. The molecule has 0 atom stereocenters. The van der Waals surface area contributed by atoms with Gasteiger partial charge in [0, 0.05) is 29.6 Å². The lowest BCUT2D eigenvalue weighted by Crippen LogP contribution is -2.09. The molecule has 1 fully saturated rings. The lowest BCUT2D eigenvalue weighted by molar-refractivity contribution is -0.385. The summed E-state index contributed by atoms with van der Waals surface area (Å²) in [4.78, 5) is 22.7. The van der Waals surface area contributed by atoms with Crippen LogP contribution in [0.2, 0.25) is 0 Å². The minimum absolute atomic E-state index is 0.00485. The molecule has 1 aromatic heterocycles. The molecule has 0 unspecified atom stereocenters. The summed E-state index contributed by atoms with van der Waals surface area (Å²) >= 11 is 0. The lowest BCUT2D eigenvalue weighted by Gasteiger charge is -2.07. The molecule has 0 spiro atoms. The number of nitrogens with one attached hydrogen (secondary N) is 1. The normalized spacial score (nSPS) is 14.0. The maximum atomic E-state index is 12.2. The van der Waals surface area contributed by atoms with Crippen molar-refractivity contribution in [1.82, 2.24) is 4.57 Å². The Bertz CT molecular complexity index is 876. The number of anilines is 1. The molecule has 25 heavy (non-hydrogen) atoms. The van der Waals surface area contributed by atoms with Gasteiger partial charge in [0.05, 0.1) is 16.2 Å². The Labute approximate surface area is 146 Å². The summed E-state index contributed by atoms with van der Waals surface area (Å²) in [6, 6.07) is 7.33. The van der Waals surface area contributed by atoms with Gasteiger partial charge in [0.25, 0.3) is 5.69 Å². The molecule has 2 aromatic rings.